The van der Waals surface area contributed by atoms with Gasteiger partial charge in [-0.15, -0.1) is 0 Å². The number of nitrogens with zero attached hydrogens (tertiary/aromatic N) is 3. The van der Waals surface area contributed by atoms with Crippen LogP contribution in [0, 0.1) is 6.92 Å². The molecule has 3 rings (SSSR count). The molecular formula is C15H18N4O. The summed E-state index contributed by atoms with van der Waals surface area (Å²) in [5.41, 5.74) is 3.85. The van der Waals surface area contributed by atoms with Crippen LogP contribution in [-0.2, 0) is 4.79 Å². The third-order valence-corrected chi connectivity index (χ3v) is 3.79. The lowest BCUT2D eigenvalue weighted by Crippen LogP contribution is -2.28. The normalized spacial score (nSPS) is 18.5. The molecule has 5 nitrogen and oxygen atoms in total. The Morgan fingerprint density at radius 2 is 2.25 bits per heavy atom. The summed E-state index contributed by atoms with van der Waals surface area (Å²) in [6.45, 7) is 4.45. The number of H-pyrrole nitrogens is 1. The molecule has 1 atom stereocenters. The molecule has 3 heterocycles. The highest BCUT2D eigenvalue weighted by Gasteiger charge is 2.28. The molecule has 1 saturated heterocycles. The number of aryl methyl sites for hydroxylation is 1. The van der Waals surface area contributed by atoms with Crippen molar-refractivity contribution in [2.24, 2.45) is 0 Å². The van der Waals surface area contributed by atoms with E-state index in [4.69, 9.17) is 0 Å². The minimum absolute atomic E-state index is 0.140. The zero-order chi connectivity index (χ0) is 14.1. The first-order valence-corrected chi connectivity index (χ1v) is 6.90. The number of aromatic amines is 1. The van der Waals surface area contributed by atoms with Crippen LogP contribution in [0.4, 0.5) is 0 Å². The fourth-order valence-corrected chi connectivity index (χ4v) is 2.83. The third kappa shape index (κ3) is 2.31. The fraction of sp³-hybridized carbons (Fsp3) is 0.400. The van der Waals surface area contributed by atoms with Crippen LogP contribution in [0.2, 0.25) is 0 Å². The number of carbonyl (C=O) groups excluding carboxylic acids is 1. The Morgan fingerprint density at radius 1 is 1.40 bits per heavy atom. The van der Waals surface area contributed by atoms with Gasteiger partial charge in [0, 0.05) is 25.4 Å². The van der Waals surface area contributed by atoms with Crippen molar-refractivity contribution in [3.8, 4) is 11.4 Å². The summed E-state index contributed by atoms with van der Waals surface area (Å²) in [5, 5.41) is 7.17. The largest absolute Gasteiger partial charge is 0.336 e. The molecule has 20 heavy (non-hydrogen) atoms. The molecule has 0 bridgehead atoms. The molecule has 0 spiro atoms. The van der Waals surface area contributed by atoms with Gasteiger partial charge < -0.3 is 4.90 Å². The molecule has 2 aromatic heterocycles. The second-order valence-electron chi connectivity index (χ2n) is 5.28. The maximum atomic E-state index is 11.7. The van der Waals surface area contributed by atoms with E-state index in [0.717, 1.165) is 42.0 Å². The van der Waals surface area contributed by atoms with Crippen molar-refractivity contribution in [1.29, 1.82) is 0 Å². The second-order valence-corrected chi connectivity index (χ2v) is 5.28. The van der Waals surface area contributed by atoms with Gasteiger partial charge >= 0.3 is 0 Å². The lowest BCUT2D eigenvalue weighted by molar-refractivity contribution is -0.129. The highest BCUT2D eigenvalue weighted by molar-refractivity contribution is 5.74. The molecule has 5 heteroatoms. The van der Waals surface area contributed by atoms with Crippen molar-refractivity contribution in [3.05, 3.63) is 35.7 Å². The van der Waals surface area contributed by atoms with Gasteiger partial charge in [-0.2, -0.15) is 5.10 Å². The Morgan fingerprint density at radius 3 is 2.95 bits per heavy atom. The van der Waals surface area contributed by atoms with Gasteiger partial charge in [-0.25, -0.2) is 0 Å². The first-order valence-electron chi connectivity index (χ1n) is 6.90. The second kappa shape index (κ2) is 5.07. The van der Waals surface area contributed by atoms with E-state index < -0.39 is 0 Å². The SMILES string of the molecule is CC(=O)N1CCC[C@@H]1c1ccnc(-c2cc(C)[nH]n2)c1. The van der Waals surface area contributed by atoms with Crippen molar-refractivity contribution in [1.82, 2.24) is 20.1 Å². The van der Waals surface area contributed by atoms with Crippen LogP contribution >= 0.6 is 0 Å². The monoisotopic (exact) mass is 270 g/mol. The van der Waals surface area contributed by atoms with Gasteiger partial charge in [-0.1, -0.05) is 0 Å². The average Bonchev–Trinajstić information content (AvgIpc) is 3.07. The number of aromatic nitrogens is 3. The smallest absolute Gasteiger partial charge is 0.219 e. The number of rotatable bonds is 2. The van der Waals surface area contributed by atoms with Crippen LogP contribution in [0.5, 0.6) is 0 Å². The number of likely N-dealkylation sites (tertiary alicyclic amines) is 1. The van der Waals surface area contributed by atoms with E-state index in [1.54, 1.807) is 13.1 Å². The Labute approximate surface area is 118 Å². The van der Waals surface area contributed by atoms with Crippen molar-refractivity contribution in [3.63, 3.8) is 0 Å². The van der Waals surface area contributed by atoms with Gasteiger partial charge in [0.15, 0.2) is 0 Å². The zero-order valence-electron chi connectivity index (χ0n) is 11.8. The zero-order valence-corrected chi connectivity index (χ0v) is 11.8. The summed E-state index contributed by atoms with van der Waals surface area (Å²) in [6, 6.07) is 6.19. The van der Waals surface area contributed by atoms with Gasteiger partial charge in [0.2, 0.25) is 5.91 Å². The highest BCUT2D eigenvalue weighted by atomic mass is 16.2. The first-order chi connectivity index (χ1) is 9.65. The van der Waals surface area contributed by atoms with Crippen LogP contribution < -0.4 is 0 Å². The predicted octanol–water partition coefficient (Wildman–Crippen LogP) is 2.46. The molecule has 0 radical (unpaired) electrons. The number of nitrogens with one attached hydrogen (secondary N) is 1. The van der Waals surface area contributed by atoms with Gasteiger partial charge in [0.1, 0.15) is 5.69 Å². The average molecular weight is 270 g/mol. The maximum absolute atomic E-state index is 11.7. The van der Waals surface area contributed by atoms with Crippen molar-refractivity contribution in [2.75, 3.05) is 6.54 Å². The molecule has 1 fully saturated rings. The summed E-state index contributed by atoms with van der Waals surface area (Å²) in [5.74, 6) is 0.140. The van der Waals surface area contributed by atoms with Gasteiger partial charge in [-0.05, 0) is 43.5 Å². The Kier molecular flexibility index (Phi) is 3.26. The molecule has 1 N–H and O–H groups in total. The number of pyridine rings is 1. The van der Waals surface area contributed by atoms with Gasteiger partial charge in [0.05, 0.1) is 11.7 Å². The fourth-order valence-electron chi connectivity index (χ4n) is 2.83. The number of hydrogen-bond acceptors (Lipinski definition) is 3. The summed E-state index contributed by atoms with van der Waals surface area (Å²) < 4.78 is 0. The quantitative estimate of drug-likeness (QED) is 0.911. The maximum Gasteiger partial charge on any atom is 0.219 e. The van der Waals surface area contributed by atoms with Gasteiger partial charge in [-0.3, -0.25) is 14.9 Å². The Hall–Kier alpha value is -2.17. The van der Waals surface area contributed by atoms with E-state index in [1.807, 2.05) is 30.0 Å². The topological polar surface area (TPSA) is 61.9 Å². The third-order valence-electron chi connectivity index (χ3n) is 3.79. The van der Waals surface area contributed by atoms with Crippen LogP contribution in [0.15, 0.2) is 24.4 Å². The van der Waals surface area contributed by atoms with Crippen LogP contribution in [-0.4, -0.2) is 32.5 Å². The standard InChI is InChI=1S/C15H18N4O/c1-10-8-14(18-17-10)13-9-12(5-6-16-13)15-4-3-7-19(15)11(2)20/h5-6,8-9,15H,3-4,7H2,1-2H3,(H,17,18)/t15-/m1/s1. The van der Waals surface area contributed by atoms with E-state index in [-0.39, 0.29) is 11.9 Å². The molecule has 0 saturated carbocycles. The molecule has 0 aromatic carbocycles. The molecular weight excluding hydrogens is 252 g/mol. The molecule has 0 aliphatic carbocycles. The molecule has 1 amide bonds. The number of carbonyl (C=O) groups is 1. The Bertz CT molecular complexity index is 634. The van der Waals surface area contributed by atoms with Crippen LogP contribution in [0.3, 0.4) is 0 Å². The molecule has 104 valence electrons. The molecule has 1 aliphatic heterocycles. The van der Waals surface area contributed by atoms with Crippen LogP contribution in [0.25, 0.3) is 11.4 Å². The number of hydrogen-bond donors (Lipinski definition) is 1. The summed E-state index contributed by atoms with van der Waals surface area (Å²) >= 11 is 0. The lowest BCUT2D eigenvalue weighted by Gasteiger charge is -2.23. The predicted molar refractivity (Wildman–Crippen MR) is 75.9 cm³/mol. The molecule has 0 unspecified atom stereocenters. The molecule has 1 aliphatic rings. The van der Waals surface area contributed by atoms with Gasteiger partial charge in [0.25, 0.3) is 0 Å². The minimum atomic E-state index is 0.140. The minimum Gasteiger partial charge on any atom is -0.336 e. The number of amides is 1. The first kappa shape index (κ1) is 12.8. The highest BCUT2D eigenvalue weighted by Crippen LogP contribution is 2.32. The van der Waals surface area contributed by atoms with Crippen molar-refractivity contribution >= 4 is 5.91 Å². The summed E-state index contributed by atoms with van der Waals surface area (Å²) in [6.07, 6.45) is 3.87. The van der Waals surface area contributed by atoms with E-state index in [0.29, 0.717) is 0 Å². The van der Waals surface area contributed by atoms with Crippen LogP contribution in [0.1, 0.15) is 37.1 Å². The van der Waals surface area contributed by atoms with E-state index in [9.17, 15) is 4.79 Å². The summed E-state index contributed by atoms with van der Waals surface area (Å²) in [4.78, 5) is 18.0. The Balaban J connectivity index is 1.93. The van der Waals surface area contributed by atoms with E-state index in [2.05, 4.69) is 15.2 Å². The summed E-state index contributed by atoms with van der Waals surface area (Å²) in [7, 11) is 0. The lowest BCUT2D eigenvalue weighted by atomic mass is 10.0. The van der Waals surface area contributed by atoms with Crippen molar-refractivity contribution < 1.29 is 4.79 Å². The molecule has 2 aromatic rings. The van der Waals surface area contributed by atoms with E-state index >= 15 is 0 Å². The van der Waals surface area contributed by atoms with Crippen molar-refractivity contribution in [2.45, 2.75) is 32.7 Å². The van der Waals surface area contributed by atoms with E-state index in [1.165, 1.54) is 0 Å².